The third-order valence-electron chi connectivity index (χ3n) is 2.41. The second-order valence-electron chi connectivity index (χ2n) is 3.62. The van der Waals surface area contributed by atoms with Crippen LogP contribution in [-0.4, -0.2) is 4.98 Å². The van der Waals surface area contributed by atoms with E-state index in [-0.39, 0.29) is 0 Å². The quantitative estimate of drug-likeness (QED) is 0.915. The summed E-state index contributed by atoms with van der Waals surface area (Å²) in [5, 5.41) is 12.2. The highest BCUT2D eigenvalue weighted by molar-refractivity contribution is 9.10. The minimum absolute atomic E-state index is 0.642. The maximum absolute atomic E-state index is 8.88. The molecule has 1 aromatic carbocycles. The number of nitriles is 1. The zero-order valence-electron chi connectivity index (χ0n) is 9.24. The average molecular weight is 288 g/mol. The molecule has 17 heavy (non-hydrogen) atoms. The van der Waals surface area contributed by atoms with Gasteiger partial charge in [0, 0.05) is 18.1 Å². The van der Waals surface area contributed by atoms with Gasteiger partial charge < -0.3 is 5.32 Å². The first-order valence-corrected chi connectivity index (χ1v) is 5.87. The highest BCUT2D eigenvalue weighted by atomic mass is 79.9. The van der Waals surface area contributed by atoms with Crippen LogP contribution >= 0.6 is 15.9 Å². The van der Waals surface area contributed by atoms with Gasteiger partial charge in [-0.2, -0.15) is 5.26 Å². The van der Waals surface area contributed by atoms with Crippen LogP contribution in [0, 0.1) is 18.3 Å². The van der Waals surface area contributed by atoms with Crippen LogP contribution in [0.3, 0.4) is 0 Å². The third-order valence-corrected chi connectivity index (χ3v) is 3.04. The van der Waals surface area contributed by atoms with Crippen molar-refractivity contribution in [3.63, 3.8) is 0 Å². The van der Waals surface area contributed by atoms with E-state index in [4.69, 9.17) is 5.26 Å². The number of halogens is 1. The Kier molecular flexibility index (Phi) is 3.40. The summed E-state index contributed by atoms with van der Waals surface area (Å²) in [7, 11) is 0. The van der Waals surface area contributed by atoms with E-state index in [1.807, 2.05) is 31.2 Å². The molecule has 2 aromatic rings. The SMILES string of the molecule is Cc1ccc(C#N)cc1Nc1ccncc1Br. The fourth-order valence-corrected chi connectivity index (χ4v) is 1.80. The number of anilines is 2. The van der Waals surface area contributed by atoms with Crippen LogP contribution in [0.2, 0.25) is 0 Å². The Hall–Kier alpha value is -1.86. The Bertz CT molecular complexity index is 587. The molecule has 0 spiro atoms. The van der Waals surface area contributed by atoms with Crippen molar-refractivity contribution >= 4 is 27.3 Å². The first kappa shape index (κ1) is 11.6. The van der Waals surface area contributed by atoms with Crippen LogP contribution in [0.5, 0.6) is 0 Å². The van der Waals surface area contributed by atoms with Gasteiger partial charge in [0.2, 0.25) is 0 Å². The molecule has 0 aliphatic rings. The van der Waals surface area contributed by atoms with Crippen molar-refractivity contribution in [3.8, 4) is 6.07 Å². The fourth-order valence-electron chi connectivity index (χ4n) is 1.45. The van der Waals surface area contributed by atoms with Crippen molar-refractivity contribution in [2.24, 2.45) is 0 Å². The molecule has 3 nitrogen and oxygen atoms in total. The molecule has 4 heteroatoms. The summed E-state index contributed by atoms with van der Waals surface area (Å²) in [6.45, 7) is 2.00. The fraction of sp³-hybridized carbons (Fsp3) is 0.0769. The highest BCUT2D eigenvalue weighted by Crippen LogP contribution is 2.26. The summed E-state index contributed by atoms with van der Waals surface area (Å²) in [4.78, 5) is 4.00. The molecular weight excluding hydrogens is 278 g/mol. The smallest absolute Gasteiger partial charge is 0.0992 e. The summed E-state index contributed by atoms with van der Waals surface area (Å²) in [5.41, 5.74) is 3.59. The zero-order valence-corrected chi connectivity index (χ0v) is 10.8. The molecule has 0 radical (unpaired) electrons. The molecule has 0 atom stereocenters. The van der Waals surface area contributed by atoms with Gasteiger partial charge in [-0.15, -0.1) is 0 Å². The Morgan fingerprint density at radius 3 is 2.82 bits per heavy atom. The van der Waals surface area contributed by atoms with Gasteiger partial charge in [0.15, 0.2) is 0 Å². The molecule has 0 unspecified atom stereocenters. The highest BCUT2D eigenvalue weighted by Gasteiger charge is 2.03. The Balaban J connectivity index is 2.37. The van der Waals surface area contributed by atoms with Crippen LogP contribution in [0.15, 0.2) is 41.1 Å². The van der Waals surface area contributed by atoms with Crippen LogP contribution in [0.25, 0.3) is 0 Å². The number of benzene rings is 1. The van der Waals surface area contributed by atoms with Gasteiger partial charge in [-0.25, -0.2) is 0 Å². The van der Waals surface area contributed by atoms with Gasteiger partial charge in [0.25, 0.3) is 0 Å². The summed E-state index contributed by atoms with van der Waals surface area (Å²) in [5.74, 6) is 0. The lowest BCUT2D eigenvalue weighted by molar-refractivity contribution is 1.30. The zero-order chi connectivity index (χ0) is 12.3. The van der Waals surface area contributed by atoms with Gasteiger partial charge in [-0.1, -0.05) is 6.07 Å². The van der Waals surface area contributed by atoms with Crippen molar-refractivity contribution in [2.45, 2.75) is 6.92 Å². The van der Waals surface area contributed by atoms with Crippen LogP contribution in [0.1, 0.15) is 11.1 Å². The van der Waals surface area contributed by atoms with Gasteiger partial charge in [-0.05, 0) is 46.6 Å². The van der Waals surface area contributed by atoms with Crippen LogP contribution < -0.4 is 5.32 Å². The van der Waals surface area contributed by atoms with Crippen molar-refractivity contribution < 1.29 is 0 Å². The molecule has 0 saturated heterocycles. The number of nitrogens with one attached hydrogen (secondary N) is 1. The van der Waals surface area contributed by atoms with E-state index in [1.165, 1.54) is 0 Å². The summed E-state index contributed by atoms with van der Waals surface area (Å²) < 4.78 is 0.891. The minimum Gasteiger partial charge on any atom is -0.354 e. The molecular formula is C13H10BrN3. The van der Waals surface area contributed by atoms with Gasteiger partial charge in [0.05, 0.1) is 21.8 Å². The van der Waals surface area contributed by atoms with E-state index in [0.717, 1.165) is 21.4 Å². The Morgan fingerprint density at radius 1 is 1.29 bits per heavy atom. The molecule has 0 amide bonds. The second-order valence-corrected chi connectivity index (χ2v) is 4.48. The number of aryl methyl sites for hydroxylation is 1. The number of rotatable bonds is 2. The molecule has 0 aliphatic carbocycles. The predicted octanol–water partition coefficient (Wildman–Crippen LogP) is 3.77. The number of pyridine rings is 1. The molecule has 1 N–H and O–H groups in total. The normalized spacial score (nSPS) is 9.71. The van der Waals surface area contributed by atoms with E-state index in [2.05, 4.69) is 32.3 Å². The molecule has 0 aliphatic heterocycles. The van der Waals surface area contributed by atoms with E-state index in [0.29, 0.717) is 5.56 Å². The minimum atomic E-state index is 0.642. The van der Waals surface area contributed by atoms with Gasteiger partial charge in [0.1, 0.15) is 0 Å². The van der Waals surface area contributed by atoms with E-state index < -0.39 is 0 Å². The summed E-state index contributed by atoms with van der Waals surface area (Å²) in [6, 6.07) is 9.58. The first-order chi connectivity index (χ1) is 8.20. The molecule has 0 fully saturated rings. The molecule has 1 heterocycles. The monoisotopic (exact) mass is 287 g/mol. The summed E-state index contributed by atoms with van der Waals surface area (Å²) >= 11 is 3.42. The van der Waals surface area contributed by atoms with Crippen molar-refractivity contribution in [2.75, 3.05) is 5.32 Å². The lowest BCUT2D eigenvalue weighted by Gasteiger charge is -2.10. The standard InChI is InChI=1S/C13H10BrN3/c1-9-2-3-10(7-15)6-13(9)17-12-4-5-16-8-11(12)14/h2-6,8H,1H3,(H,16,17). The number of nitrogens with zero attached hydrogens (tertiary/aromatic N) is 2. The predicted molar refractivity (Wildman–Crippen MR) is 71.1 cm³/mol. The first-order valence-electron chi connectivity index (χ1n) is 5.08. The van der Waals surface area contributed by atoms with E-state index in [9.17, 15) is 0 Å². The van der Waals surface area contributed by atoms with E-state index in [1.54, 1.807) is 12.4 Å². The van der Waals surface area contributed by atoms with Crippen LogP contribution in [-0.2, 0) is 0 Å². The molecule has 0 bridgehead atoms. The Labute approximate surface area is 108 Å². The number of hydrogen-bond acceptors (Lipinski definition) is 3. The molecule has 84 valence electrons. The van der Waals surface area contributed by atoms with E-state index >= 15 is 0 Å². The maximum atomic E-state index is 8.88. The van der Waals surface area contributed by atoms with Crippen molar-refractivity contribution in [1.82, 2.24) is 4.98 Å². The third kappa shape index (κ3) is 2.63. The molecule has 0 saturated carbocycles. The summed E-state index contributed by atoms with van der Waals surface area (Å²) in [6.07, 6.45) is 3.45. The number of aromatic nitrogens is 1. The van der Waals surface area contributed by atoms with Crippen LogP contribution in [0.4, 0.5) is 11.4 Å². The van der Waals surface area contributed by atoms with Crippen molar-refractivity contribution in [3.05, 3.63) is 52.3 Å². The average Bonchev–Trinajstić information content (AvgIpc) is 2.35. The van der Waals surface area contributed by atoms with Gasteiger partial charge in [-0.3, -0.25) is 4.98 Å². The lowest BCUT2D eigenvalue weighted by Crippen LogP contribution is -1.95. The lowest BCUT2D eigenvalue weighted by atomic mass is 10.1. The molecule has 1 aromatic heterocycles. The second kappa shape index (κ2) is 4.98. The topological polar surface area (TPSA) is 48.7 Å². The Morgan fingerprint density at radius 2 is 2.12 bits per heavy atom. The maximum Gasteiger partial charge on any atom is 0.0992 e. The largest absolute Gasteiger partial charge is 0.354 e. The molecule has 2 rings (SSSR count). The number of hydrogen-bond donors (Lipinski definition) is 1. The van der Waals surface area contributed by atoms with Crippen molar-refractivity contribution in [1.29, 1.82) is 5.26 Å². The van der Waals surface area contributed by atoms with Gasteiger partial charge >= 0.3 is 0 Å².